The highest BCUT2D eigenvalue weighted by atomic mass is 19.1. The average Bonchev–Trinajstić information content (AvgIpc) is 3.52. The van der Waals surface area contributed by atoms with E-state index in [0.717, 1.165) is 11.6 Å². The number of hydrogen-bond donors (Lipinski definition) is 3. The molecular formula is C35H37F2NO7. The van der Waals surface area contributed by atoms with Gasteiger partial charge in [0.1, 0.15) is 25.1 Å². The van der Waals surface area contributed by atoms with Crippen molar-refractivity contribution in [2.45, 2.75) is 75.7 Å². The molecule has 0 aromatic heterocycles. The minimum Gasteiger partial charge on any atom is -0.489 e. The Kier molecular flexibility index (Phi) is 6.91. The molecular weight excluding hydrogens is 584 g/mol. The maximum atomic E-state index is 17.5. The van der Waals surface area contributed by atoms with E-state index in [2.05, 4.69) is 0 Å². The molecule has 0 spiro atoms. The van der Waals surface area contributed by atoms with Gasteiger partial charge in [0.15, 0.2) is 29.1 Å². The second-order valence-electron chi connectivity index (χ2n) is 13.6. The number of hydrogen-bond acceptors (Lipinski definition) is 8. The van der Waals surface area contributed by atoms with Gasteiger partial charge in [-0.2, -0.15) is 0 Å². The SMILES string of the molecule is C[C@]12C=CC(=O)C=C1[C@@H](F)C[C@H]1[C@@H]3C[C@H]4O[C@H](c5ccc(OCc6cccc(N)c6)cc5)O[C@@]4(C(=O)CO)[C@@]3(C)C[C@H](O)[C@@]12F. The van der Waals surface area contributed by atoms with Crippen LogP contribution in [0.25, 0.3) is 0 Å². The van der Waals surface area contributed by atoms with E-state index >= 15 is 8.78 Å². The standard InChI is InChI=1S/C35H37F2NO7/c1-32-11-10-22(40)13-26(32)27(36)14-25-24-15-30-35(29(42)17-39,33(24,2)16-28(41)34(25,32)37)45-31(44-30)20-6-8-23(9-7-20)43-18-19-4-3-5-21(38)12-19/h3-13,24-25,27-28,30-31,39,41H,14-18,38H2,1-2H3/t24-,25-,27-,28-,30+,31-,32-,33-,34-,35+/m0/s1. The minimum absolute atomic E-state index is 0.0311. The second-order valence-corrected chi connectivity index (χ2v) is 13.6. The van der Waals surface area contributed by atoms with Gasteiger partial charge in [0.2, 0.25) is 0 Å². The van der Waals surface area contributed by atoms with Crippen LogP contribution in [0.5, 0.6) is 5.75 Å². The quantitative estimate of drug-likeness (QED) is 0.403. The summed E-state index contributed by atoms with van der Waals surface area (Å²) in [6.45, 7) is 2.77. The highest BCUT2D eigenvalue weighted by molar-refractivity contribution is 6.01. The number of ketones is 2. The van der Waals surface area contributed by atoms with E-state index in [0.29, 0.717) is 23.6 Å². The number of benzene rings is 2. The van der Waals surface area contributed by atoms with Crippen molar-refractivity contribution in [3.05, 3.63) is 83.5 Å². The highest BCUT2D eigenvalue weighted by Gasteiger charge is 2.80. The number of fused-ring (bicyclic) bond motifs is 7. The summed E-state index contributed by atoms with van der Waals surface area (Å²) in [6.07, 6.45) is -1.56. The lowest BCUT2D eigenvalue weighted by Gasteiger charge is -2.63. The fourth-order valence-corrected chi connectivity index (χ4v) is 9.29. The van der Waals surface area contributed by atoms with Gasteiger partial charge in [-0.05, 0) is 79.7 Å². The number of nitrogens with two attached hydrogens (primary N) is 1. The third kappa shape index (κ3) is 4.08. The number of aliphatic hydroxyl groups excluding tert-OH is 2. The lowest BCUT2D eigenvalue weighted by Crippen LogP contribution is -2.70. The van der Waals surface area contributed by atoms with E-state index in [1.54, 1.807) is 37.3 Å². The van der Waals surface area contributed by atoms with E-state index in [4.69, 9.17) is 19.9 Å². The Bertz CT molecular complexity index is 1610. The van der Waals surface area contributed by atoms with E-state index < -0.39 is 76.8 Å². The van der Waals surface area contributed by atoms with E-state index in [9.17, 15) is 19.8 Å². The summed E-state index contributed by atoms with van der Waals surface area (Å²) in [5.74, 6) is -2.06. The topological polar surface area (TPSA) is 128 Å². The van der Waals surface area contributed by atoms with Crippen molar-refractivity contribution in [2.75, 3.05) is 12.3 Å². The number of rotatable bonds is 6. The monoisotopic (exact) mass is 621 g/mol. The van der Waals surface area contributed by atoms with Crippen molar-refractivity contribution < 1.29 is 42.8 Å². The zero-order valence-electron chi connectivity index (χ0n) is 25.1. The number of anilines is 1. The number of nitrogen functional groups attached to an aromatic ring is 1. The molecule has 4 aliphatic carbocycles. The van der Waals surface area contributed by atoms with E-state index in [1.807, 2.05) is 18.2 Å². The van der Waals surface area contributed by atoms with Crippen LogP contribution in [-0.4, -0.2) is 58.0 Å². The van der Waals surface area contributed by atoms with Crippen LogP contribution in [-0.2, 0) is 25.7 Å². The number of alkyl halides is 2. The Morgan fingerprint density at radius 1 is 1.13 bits per heavy atom. The first kappa shape index (κ1) is 30.2. The summed E-state index contributed by atoms with van der Waals surface area (Å²) < 4.78 is 52.1. The fourth-order valence-electron chi connectivity index (χ4n) is 9.29. The Labute approximate surface area is 259 Å². The third-order valence-electron chi connectivity index (χ3n) is 11.4. The number of allylic oxidation sites excluding steroid dienone is 4. The van der Waals surface area contributed by atoms with E-state index in [1.165, 1.54) is 19.1 Å². The molecule has 238 valence electrons. The van der Waals surface area contributed by atoms with Gasteiger partial charge >= 0.3 is 0 Å². The molecule has 4 fully saturated rings. The molecule has 10 atom stereocenters. The molecule has 7 rings (SSSR count). The number of halogens is 2. The van der Waals surface area contributed by atoms with Gasteiger partial charge < -0.3 is 30.2 Å². The smallest absolute Gasteiger partial charge is 0.193 e. The van der Waals surface area contributed by atoms with E-state index in [-0.39, 0.29) is 24.8 Å². The zero-order chi connectivity index (χ0) is 31.9. The second kappa shape index (κ2) is 10.3. The number of carbonyl (C=O) groups is 2. The maximum absolute atomic E-state index is 17.5. The van der Waals surface area contributed by atoms with Crippen LogP contribution in [0.2, 0.25) is 0 Å². The zero-order valence-corrected chi connectivity index (χ0v) is 25.1. The molecule has 8 nitrogen and oxygen atoms in total. The lowest BCUT2D eigenvalue weighted by molar-refractivity contribution is -0.235. The van der Waals surface area contributed by atoms with Crippen molar-refractivity contribution in [1.82, 2.24) is 0 Å². The van der Waals surface area contributed by atoms with Crippen LogP contribution < -0.4 is 10.5 Å². The van der Waals surface area contributed by atoms with Crippen LogP contribution in [0.1, 0.15) is 50.5 Å². The molecule has 0 radical (unpaired) electrons. The number of Topliss-reactive ketones (excluding diaryl/α,β-unsaturated/α-hetero) is 1. The van der Waals surface area contributed by atoms with Crippen molar-refractivity contribution >= 4 is 17.3 Å². The van der Waals surface area contributed by atoms with Gasteiger partial charge in [-0.25, -0.2) is 8.78 Å². The summed E-state index contributed by atoms with van der Waals surface area (Å²) in [5, 5.41) is 21.8. The van der Waals surface area contributed by atoms with Crippen LogP contribution in [0.15, 0.2) is 72.3 Å². The molecule has 1 saturated heterocycles. The Balaban J connectivity index is 1.18. The molecule has 2 aromatic rings. The molecule has 4 N–H and O–H groups in total. The summed E-state index contributed by atoms with van der Waals surface area (Å²) in [6, 6.07) is 14.4. The van der Waals surface area contributed by atoms with Crippen molar-refractivity contribution in [3.8, 4) is 5.75 Å². The molecule has 0 amide bonds. The van der Waals surface area contributed by atoms with Gasteiger partial charge in [0.25, 0.3) is 0 Å². The normalized spacial score (nSPS) is 41.5. The summed E-state index contributed by atoms with van der Waals surface area (Å²) in [7, 11) is 0. The fraction of sp³-hybridized carbons (Fsp3) is 0.486. The van der Waals surface area contributed by atoms with Crippen molar-refractivity contribution in [3.63, 3.8) is 0 Å². The number of aliphatic hydroxyl groups is 2. The minimum atomic E-state index is -2.30. The first-order chi connectivity index (χ1) is 21.4. The largest absolute Gasteiger partial charge is 0.489 e. The molecule has 10 heteroatoms. The van der Waals surface area contributed by atoms with Gasteiger partial charge in [-0.15, -0.1) is 0 Å². The van der Waals surface area contributed by atoms with Gasteiger partial charge in [0.05, 0.1) is 12.2 Å². The number of carbonyl (C=O) groups excluding carboxylic acids is 2. The Morgan fingerprint density at radius 2 is 1.89 bits per heavy atom. The number of ether oxygens (including phenoxy) is 3. The maximum Gasteiger partial charge on any atom is 0.193 e. The van der Waals surface area contributed by atoms with Crippen LogP contribution in [0, 0.1) is 22.7 Å². The Hall–Kier alpha value is -3.44. The predicted octanol–water partition coefficient (Wildman–Crippen LogP) is 4.49. The highest BCUT2D eigenvalue weighted by Crippen LogP contribution is 2.72. The van der Waals surface area contributed by atoms with Crippen molar-refractivity contribution in [1.29, 1.82) is 0 Å². The first-order valence-corrected chi connectivity index (χ1v) is 15.4. The summed E-state index contributed by atoms with van der Waals surface area (Å²) >= 11 is 0. The molecule has 0 unspecified atom stereocenters. The molecule has 3 saturated carbocycles. The lowest BCUT2D eigenvalue weighted by atomic mass is 9.44. The molecule has 2 aromatic carbocycles. The summed E-state index contributed by atoms with van der Waals surface area (Å²) in [4.78, 5) is 25.8. The van der Waals surface area contributed by atoms with Gasteiger partial charge in [0, 0.05) is 28.0 Å². The molecule has 0 bridgehead atoms. The molecule has 5 aliphatic rings. The molecule has 1 heterocycles. The summed E-state index contributed by atoms with van der Waals surface area (Å²) in [5.41, 5.74) is 1.33. The van der Waals surface area contributed by atoms with Crippen LogP contribution in [0.3, 0.4) is 0 Å². The van der Waals surface area contributed by atoms with Gasteiger partial charge in [-0.3, -0.25) is 9.59 Å². The molecule has 45 heavy (non-hydrogen) atoms. The predicted molar refractivity (Wildman–Crippen MR) is 159 cm³/mol. The van der Waals surface area contributed by atoms with Crippen molar-refractivity contribution in [2.24, 2.45) is 22.7 Å². The van der Waals surface area contributed by atoms with Crippen LogP contribution >= 0.6 is 0 Å². The Morgan fingerprint density at radius 3 is 2.60 bits per heavy atom. The molecule has 1 aliphatic heterocycles. The third-order valence-corrected chi connectivity index (χ3v) is 11.4. The van der Waals surface area contributed by atoms with Crippen LogP contribution in [0.4, 0.5) is 14.5 Å². The van der Waals surface area contributed by atoms with Gasteiger partial charge in [-0.1, -0.05) is 37.3 Å². The average molecular weight is 622 g/mol. The first-order valence-electron chi connectivity index (χ1n) is 15.4.